The Bertz CT molecular complexity index is 500. The molecule has 1 aliphatic carbocycles. The van der Waals surface area contributed by atoms with Gasteiger partial charge in [-0.25, -0.2) is 4.39 Å². The van der Waals surface area contributed by atoms with E-state index in [0.29, 0.717) is 12.0 Å². The van der Waals surface area contributed by atoms with Gasteiger partial charge < -0.3 is 5.32 Å². The SMILES string of the molecule is Fc1ccc(C2CC(NCCc3ccsc3)C2)cc1. The molecule has 1 nitrogen and oxygen atoms in total. The van der Waals surface area contributed by atoms with Gasteiger partial charge in [-0.15, -0.1) is 0 Å². The minimum atomic E-state index is -0.145. The predicted molar refractivity (Wildman–Crippen MR) is 78.2 cm³/mol. The van der Waals surface area contributed by atoms with E-state index >= 15 is 0 Å². The number of hydrogen-bond acceptors (Lipinski definition) is 2. The molecule has 1 N–H and O–H groups in total. The van der Waals surface area contributed by atoms with Crippen LogP contribution in [0, 0.1) is 5.82 Å². The van der Waals surface area contributed by atoms with Gasteiger partial charge in [-0.1, -0.05) is 12.1 Å². The molecule has 1 heterocycles. The Labute approximate surface area is 117 Å². The highest BCUT2D eigenvalue weighted by atomic mass is 32.1. The van der Waals surface area contributed by atoms with Crippen LogP contribution in [0.5, 0.6) is 0 Å². The maximum atomic E-state index is 12.8. The lowest BCUT2D eigenvalue weighted by Gasteiger charge is -2.36. The maximum Gasteiger partial charge on any atom is 0.123 e. The Morgan fingerprint density at radius 1 is 1.16 bits per heavy atom. The molecule has 0 aliphatic heterocycles. The molecule has 0 unspecified atom stereocenters. The zero-order chi connectivity index (χ0) is 13.1. The predicted octanol–water partition coefficient (Wildman–Crippen LogP) is 3.97. The molecule has 1 aliphatic rings. The van der Waals surface area contributed by atoms with Crippen LogP contribution in [0.4, 0.5) is 4.39 Å². The van der Waals surface area contributed by atoms with E-state index in [2.05, 4.69) is 22.1 Å². The van der Waals surface area contributed by atoms with Gasteiger partial charge in [0.05, 0.1) is 0 Å². The largest absolute Gasteiger partial charge is 0.314 e. The lowest BCUT2D eigenvalue weighted by molar-refractivity contribution is 0.292. The number of thiophene rings is 1. The summed E-state index contributed by atoms with van der Waals surface area (Å²) in [5.74, 6) is 0.466. The molecule has 1 aromatic carbocycles. The summed E-state index contributed by atoms with van der Waals surface area (Å²) in [5, 5.41) is 7.94. The molecule has 0 atom stereocenters. The zero-order valence-electron chi connectivity index (χ0n) is 10.8. The highest BCUT2D eigenvalue weighted by Crippen LogP contribution is 2.36. The molecule has 0 spiro atoms. The van der Waals surface area contributed by atoms with Crippen molar-refractivity contribution < 1.29 is 4.39 Å². The second-order valence-corrected chi connectivity index (χ2v) is 6.03. The average molecular weight is 275 g/mol. The summed E-state index contributed by atoms with van der Waals surface area (Å²) in [4.78, 5) is 0. The summed E-state index contributed by atoms with van der Waals surface area (Å²) in [5.41, 5.74) is 2.70. The Balaban J connectivity index is 1.39. The summed E-state index contributed by atoms with van der Waals surface area (Å²) < 4.78 is 12.8. The number of benzene rings is 1. The molecule has 0 saturated heterocycles. The molecular formula is C16H18FNS. The molecule has 2 aromatic rings. The van der Waals surface area contributed by atoms with Crippen LogP contribution < -0.4 is 5.32 Å². The smallest absolute Gasteiger partial charge is 0.123 e. The zero-order valence-corrected chi connectivity index (χ0v) is 11.6. The van der Waals surface area contributed by atoms with Gasteiger partial charge in [0.2, 0.25) is 0 Å². The fourth-order valence-corrected chi connectivity index (χ4v) is 3.35. The maximum absolute atomic E-state index is 12.8. The van der Waals surface area contributed by atoms with Crippen LogP contribution >= 0.6 is 11.3 Å². The third-order valence-electron chi connectivity index (χ3n) is 3.91. The van der Waals surface area contributed by atoms with Crippen LogP contribution in [0.25, 0.3) is 0 Å². The standard InChI is InChI=1S/C16H18FNS/c17-15-3-1-13(2-4-15)14-9-16(10-14)18-7-5-12-6-8-19-11-12/h1-4,6,8,11,14,16,18H,5,7,9-10H2. The quantitative estimate of drug-likeness (QED) is 0.870. The fraction of sp³-hybridized carbons (Fsp3) is 0.375. The van der Waals surface area contributed by atoms with E-state index in [0.717, 1.165) is 13.0 Å². The van der Waals surface area contributed by atoms with E-state index in [4.69, 9.17) is 0 Å². The van der Waals surface area contributed by atoms with E-state index in [1.54, 1.807) is 23.5 Å². The molecule has 1 saturated carbocycles. The number of rotatable bonds is 5. The monoisotopic (exact) mass is 275 g/mol. The lowest BCUT2D eigenvalue weighted by Crippen LogP contribution is -2.40. The molecule has 3 rings (SSSR count). The first-order chi connectivity index (χ1) is 9.31. The van der Waals surface area contributed by atoms with Gasteiger partial charge in [-0.05, 0) is 71.8 Å². The molecule has 0 radical (unpaired) electrons. The fourth-order valence-electron chi connectivity index (χ4n) is 2.65. The van der Waals surface area contributed by atoms with Crippen molar-refractivity contribution in [1.29, 1.82) is 0 Å². The second kappa shape index (κ2) is 5.85. The molecule has 1 aromatic heterocycles. The van der Waals surface area contributed by atoms with E-state index in [1.165, 1.54) is 24.0 Å². The van der Waals surface area contributed by atoms with Crippen LogP contribution in [-0.2, 0) is 6.42 Å². The third-order valence-corrected chi connectivity index (χ3v) is 4.64. The number of hydrogen-bond donors (Lipinski definition) is 1. The molecule has 19 heavy (non-hydrogen) atoms. The van der Waals surface area contributed by atoms with E-state index in [9.17, 15) is 4.39 Å². The van der Waals surface area contributed by atoms with Gasteiger partial charge in [0.15, 0.2) is 0 Å². The van der Waals surface area contributed by atoms with Crippen LogP contribution in [0.3, 0.4) is 0 Å². The Hall–Kier alpha value is -1.19. The van der Waals surface area contributed by atoms with E-state index in [-0.39, 0.29) is 5.82 Å². The summed E-state index contributed by atoms with van der Waals surface area (Å²) in [6, 6.07) is 9.78. The highest BCUT2D eigenvalue weighted by molar-refractivity contribution is 7.07. The minimum absolute atomic E-state index is 0.145. The first-order valence-electron chi connectivity index (χ1n) is 6.81. The number of nitrogens with one attached hydrogen (secondary N) is 1. The van der Waals surface area contributed by atoms with Crippen molar-refractivity contribution in [2.75, 3.05) is 6.54 Å². The molecule has 0 amide bonds. The van der Waals surface area contributed by atoms with Crippen molar-refractivity contribution in [3.05, 3.63) is 58.0 Å². The van der Waals surface area contributed by atoms with E-state index < -0.39 is 0 Å². The van der Waals surface area contributed by atoms with Crippen LogP contribution in [0.1, 0.15) is 29.9 Å². The van der Waals surface area contributed by atoms with Crippen molar-refractivity contribution in [3.8, 4) is 0 Å². The molecule has 1 fully saturated rings. The van der Waals surface area contributed by atoms with Crippen LogP contribution in [-0.4, -0.2) is 12.6 Å². The lowest BCUT2D eigenvalue weighted by atomic mass is 9.76. The normalized spacial score (nSPS) is 22.2. The number of halogens is 1. The van der Waals surface area contributed by atoms with Crippen molar-refractivity contribution >= 4 is 11.3 Å². The van der Waals surface area contributed by atoms with Crippen molar-refractivity contribution in [2.24, 2.45) is 0 Å². The van der Waals surface area contributed by atoms with Gasteiger partial charge in [-0.3, -0.25) is 0 Å². The second-order valence-electron chi connectivity index (χ2n) is 5.25. The summed E-state index contributed by atoms with van der Waals surface area (Å²) in [7, 11) is 0. The third kappa shape index (κ3) is 3.23. The Morgan fingerprint density at radius 3 is 2.63 bits per heavy atom. The van der Waals surface area contributed by atoms with Gasteiger partial charge in [0.25, 0.3) is 0 Å². The van der Waals surface area contributed by atoms with E-state index in [1.807, 2.05) is 12.1 Å². The molecular weight excluding hydrogens is 257 g/mol. The molecule has 3 heteroatoms. The summed E-state index contributed by atoms with van der Waals surface area (Å²) in [6.07, 6.45) is 3.46. The van der Waals surface area contributed by atoms with Crippen LogP contribution in [0.15, 0.2) is 41.1 Å². The summed E-state index contributed by atoms with van der Waals surface area (Å²) >= 11 is 1.76. The van der Waals surface area contributed by atoms with Gasteiger partial charge >= 0.3 is 0 Å². The molecule has 100 valence electrons. The van der Waals surface area contributed by atoms with Crippen molar-refractivity contribution in [3.63, 3.8) is 0 Å². The highest BCUT2D eigenvalue weighted by Gasteiger charge is 2.29. The first kappa shape index (κ1) is 12.8. The average Bonchev–Trinajstić information content (AvgIpc) is 2.87. The van der Waals surface area contributed by atoms with Gasteiger partial charge in [0.1, 0.15) is 5.82 Å². The topological polar surface area (TPSA) is 12.0 Å². The summed E-state index contributed by atoms with van der Waals surface area (Å²) in [6.45, 7) is 1.05. The van der Waals surface area contributed by atoms with Gasteiger partial charge in [0, 0.05) is 6.04 Å². The Kier molecular flexibility index (Phi) is 3.95. The Morgan fingerprint density at radius 2 is 1.95 bits per heavy atom. The first-order valence-corrected chi connectivity index (χ1v) is 7.75. The van der Waals surface area contributed by atoms with Gasteiger partial charge in [-0.2, -0.15) is 11.3 Å². The molecule has 0 bridgehead atoms. The minimum Gasteiger partial charge on any atom is -0.314 e. The van der Waals surface area contributed by atoms with Crippen LogP contribution in [0.2, 0.25) is 0 Å². The van der Waals surface area contributed by atoms with Crippen molar-refractivity contribution in [2.45, 2.75) is 31.2 Å². The van der Waals surface area contributed by atoms with Crippen molar-refractivity contribution in [1.82, 2.24) is 5.32 Å².